The lowest BCUT2D eigenvalue weighted by Gasteiger charge is -2.12. The number of amides is 1. The average Bonchev–Trinajstić information content (AvgIpc) is 2.40. The highest BCUT2D eigenvalue weighted by atomic mass is 35.5. The molecule has 23 heavy (non-hydrogen) atoms. The molecule has 0 saturated heterocycles. The standard InChI is InChI=1S/C14H13BClN3O3S/c1-23(21,22)12-3-2-8(4-11(12)15)6-19-7-9(16)5-10(13(19)17)14(18)20/h2-5,7,17H,6H2,1H3,(H2,18,20). The van der Waals surface area contributed by atoms with Crippen LogP contribution in [0.25, 0.3) is 0 Å². The Morgan fingerprint density at radius 3 is 2.57 bits per heavy atom. The Kier molecular flexibility index (Phi) is 4.67. The summed E-state index contributed by atoms with van der Waals surface area (Å²) in [5.74, 6) is -0.752. The molecule has 0 saturated carbocycles. The summed E-state index contributed by atoms with van der Waals surface area (Å²) < 4.78 is 24.5. The van der Waals surface area contributed by atoms with Crippen molar-refractivity contribution >= 4 is 40.7 Å². The van der Waals surface area contributed by atoms with E-state index >= 15 is 0 Å². The highest BCUT2D eigenvalue weighted by molar-refractivity contribution is 7.91. The van der Waals surface area contributed by atoms with Gasteiger partial charge in [0.15, 0.2) is 9.84 Å². The third-order valence-corrected chi connectivity index (χ3v) is 4.57. The van der Waals surface area contributed by atoms with Crippen molar-refractivity contribution in [1.29, 1.82) is 5.41 Å². The summed E-state index contributed by atoms with van der Waals surface area (Å²) in [7, 11) is 2.36. The Labute approximate surface area is 139 Å². The summed E-state index contributed by atoms with van der Waals surface area (Å²) in [5.41, 5.74) is 5.91. The molecule has 2 rings (SSSR count). The van der Waals surface area contributed by atoms with Crippen molar-refractivity contribution in [2.45, 2.75) is 11.4 Å². The molecule has 0 spiro atoms. The summed E-state index contributed by atoms with van der Waals surface area (Å²) in [6, 6.07) is 5.82. The molecular formula is C14H13BClN3O3S. The Bertz CT molecular complexity index is 954. The normalized spacial score (nSPS) is 11.4. The van der Waals surface area contributed by atoms with Gasteiger partial charge in [0, 0.05) is 19.0 Å². The zero-order valence-electron chi connectivity index (χ0n) is 12.2. The van der Waals surface area contributed by atoms with Gasteiger partial charge in [-0.15, -0.1) is 0 Å². The predicted octanol–water partition coefficient (Wildman–Crippen LogP) is -0.0345. The molecule has 9 heteroatoms. The molecule has 3 N–H and O–H groups in total. The van der Waals surface area contributed by atoms with Crippen molar-refractivity contribution in [2.75, 3.05) is 6.26 Å². The minimum absolute atomic E-state index is 0.00164. The second-order valence-electron chi connectivity index (χ2n) is 5.06. The molecule has 0 bridgehead atoms. The van der Waals surface area contributed by atoms with Gasteiger partial charge in [-0.05, 0) is 17.7 Å². The first-order valence-corrected chi connectivity index (χ1v) is 8.69. The van der Waals surface area contributed by atoms with E-state index in [0.29, 0.717) is 5.56 Å². The quantitative estimate of drug-likeness (QED) is 0.757. The van der Waals surface area contributed by atoms with Crippen molar-refractivity contribution in [2.24, 2.45) is 5.73 Å². The number of pyridine rings is 1. The van der Waals surface area contributed by atoms with Crippen LogP contribution < -0.4 is 16.7 Å². The topological polar surface area (TPSA) is 106 Å². The molecule has 0 atom stereocenters. The zero-order chi connectivity index (χ0) is 17.4. The predicted molar refractivity (Wildman–Crippen MR) is 87.9 cm³/mol. The van der Waals surface area contributed by atoms with E-state index in [4.69, 9.17) is 30.6 Å². The Morgan fingerprint density at radius 1 is 1.39 bits per heavy atom. The number of nitrogens with two attached hydrogens (primary N) is 1. The van der Waals surface area contributed by atoms with Crippen molar-refractivity contribution in [3.05, 3.63) is 52.1 Å². The molecule has 2 aromatic rings. The third kappa shape index (κ3) is 3.83. The van der Waals surface area contributed by atoms with Crippen LogP contribution in [0, 0.1) is 5.41 Å². The second-order valence-corrected chi connectivity index (χ2v) is 7.48. The van der Waals surface area contributed by atoms with E-state index in [1.54, 1.807) is 6.07 Å². The van der Waals surface area contributed by atoms with E-state index in [-0.39, 0.29) is 33.0 Å². The van der Waals surface area contributed by atoms with Gasteiger partial charge in [0.1, 0.15) is 13.3 Å². The van der Waals surface area contributed by atoms with Gasteiger partial charge < -0.3 is 10.3 Å². The monoisotopic (exact) mass is 349 g/mol. The van der Waals surface area contributed by atoms with Crippen LogP contribution in [-0.2, 0) is 16.4 Å². The average molecular weight is 350 g/mol. The van der Waals surface area contributed by atoms with E-state index in [9.17, 15) is 13.2 Å². The van der Waals surface area contributed by atoms with Crippen molar-refractivity contribution in [1.82, 2.24) is 4.57 Å². The molecule has 6 nitrogen and oxygen atoms in total. The van der Waals surface area contributed by atoms with Crippen molar-refractivity contribution in [3.8, 4) is 0 Å². The molecule has 118 valence electrons. The maximum Gasteiger partial charge on any atom is 0.252 e. The fourth-order valence-corrected chi connectivity index (χ4v) is 3.18. The molecule has 1 aromatic heterocycles. The lowest BCUT2D eigenvalue weighted by molar-refractivity contribution is 0.0997. The van der Waals surface area contributed by atoms with Gasteiger partial charge in [0.05, 0.1) is 15.5 Å². The second kappa shape index (κ2) is 6.21. The van der Waals surface area contributed by atoms with Crippen LogP contribution >= 0.6 is 11.6 Å². The zero-order valence-corrected chi connectivity index (χ0v) is 13.8. The fraction of sp³-hybridized carbons (Fsp3) is 0.143. The van der Waals surface area contributed by atoms with Crippen LogP contribution in [0.3, 0.4) is 0 Å². The van der Waals surface area contributed by atoms with Crippen molar-refractivity contribution in [3.63, 3.8) is 0 Å². The highest BCUT2D eigenvalue weighted by Crippen LogP contribution is 2.11. The number of benzene rings is 1. The first-order valence-electron chi connectivity index (χ1n) is 6.42. The smallest absolute Gasteiger partial charge is 0.252 e. The first kappa shape index (κ1) is 17.3. The number of sulfone groups is 1. The Hall–Kier alpha value is -2.06. The first-order chi connectivity index (χ1) is 10.6. The highest BCUT2D eigenvalue weighted by Gasteiger charge is 2.12. The minimum Gasteiger partial charge on any atom is -0.365 e. The molecule has 0 aliphatic carbocycles. The lowest BCUT2D eigenvalue weighted by atomic mass is 9.94. The molecule has 0 aliphatic rings. The van der Waals surface area contributed by atoms with Crippen LogP contribution in [0.4, 0.5) is 0 Å². The lowest BCUT2D eigenvalue weighted by Crippen LogP contribution is -2.30. The SMILES string of the molecule is [B]c1cc(Cn2cc(Cl)cc(C(N)=O)c2=N)ccc1S(C)(=O)=O. The Balaban J connectivity index is 2.47. The maximum absolute atomic E-state index is 11.6. The number of nitrogens with zero attached hydrogens (tertiary/aromatic N) is 1. The molecule has 0 aliphatic heterocycles. The van der Waals surface area contributed by atoms with E-state index in [1.165, 1.54) is 29.0 Å². The largest absolute Gasteiger partial charge is 0.365 e. The van der Waals surface area contributed by atoms with Gasteiger partial charge in [-0.2, -0.15) is 0 Å². The maximum atomic E-state index is 11.6. The van der Waals surface area contributed by atoms with Crippen LogP contribution in [0.2, 0.25) is 5.02 Å². The van der Waals surface area contributed by atoms with Gasteiger partial charge in [0.25, 0.3) is 5.91 Å². The van der Waals surface area contributed by atoms with Crippen molar-refractivity contribution < 1.29 is 13.2 Å². The number of hydrogen-bond acceptors (Lipinski definition) is 4. The Morgan fingerprint density at radius 2 is 2.04 bits per heavy atom. The van der Waals surface area contributed by atoms with Crippen LogP contribution in [0.1, 0.15) is 15.9 Å². The third-order valence-electron chi connectivity index (χ3n) is 3.20. The molecule has 1 heterocycles. The number of aromatic nitrogens is 1. The van der Waals surface area contributed by atoms with Gasteiger partial charge in [0.2, 0.25) is 0 Å². The van der Waals surface area contributed by atoms with Crippen LogP contribution in [0.15, 0.2) is 35.4 Å². The molecule has 1 aromatic carbocycles. The van der Waals surface area contributed by atoms with Crippen LogP contribution in [-0.4, -0.2) is 33.0 Å². The number of halogens is 1. The summed E-state index contributed by atoms with van der Waals surface area (Å²) >= 11 is 5.93. The van der Waals surface area contributed by atoms with E-state index in [2.05, 4.69) is 0 Å². The van der Waals surface area contributed by atoms with Gasteiger partial charge >= 0.3 is 0 Å². The van der Waals surface area contributed by atoms with Gasteiger partial charge in [-0.3, -0.25) is 10.2 Å². The summed E-state index contributed by atoms with van der Waals surface area (Å²) in [6.07, 6.45) is 2.56. The number of carbonyl (C=O) groups is 1. The summed E-state index contributed by atoms with van der Waals surface area (Å²) in [5, 5.41) is 8.25. The number of nitrogens with one attached hydrogen (secondary N) is 1. The van der Waals surface area contributed by atoms with Gasteiger partial charge in [-0.1, -0.05) is 29.2 Å². The number of primary amides is 1. The molecule has 2 radical (unpaired) electrons. The number of rotatable bonds is 4. The van der Waals surface area contributed by atoms with Crippen LogP contribution in [0.5, 0.6) is 0 Å². The summed E-state index contributed by atoms with van der Waals surface area (Å²) in [4.78, 5) is 11.4. The van der Waals surface area contributed by atoms with Gasteiger partial charge in [-0.25, -0.2) is 8.42 Å². The van der Waals surface area contributed by atoms with E-state index < -0.39 is 15.7 Å². The fourth-order valence-electron chi connectivity index (χ4n) is 2.15. The molecular weight excluding hydrogens is 337 g/mol. The molecule has 0 unspecified atom stereocenters. The number of carbonyl (C=O) groups excluding carboxylic acids is 1. The minimum atomic E-state index is -3.41. The molecule has 1 amide bonds. The van der Waals surface area contributed by atoms with E-state index in [0.717, 1.165) is 6.26 Å². The summed E-state index contributed by atoms with van der Waals surface area (Å²) in [6.45, 7) is 0.188. The number of hydrogen-bond donors (Lipinski definition) is 2. The molecule has 0 fully saturated rings. The van der Waals surface area contributed by atoms with E-state index in [1.807, 2.05) is 0 Å².